The zero-order valence-corrected chi connectivity index (χ0v) is 12.3. The number of amides is 1. The van der Waals surface area contributed by atoms with Crippen molar-refractivity contribution in [1.82, 2.24) is 5.32 Å². The van der Waals surface area contributed by atoms with Gasteiger partial charge in [-0.05, 0) is 31.1 Å². The maximum Gasteiger partial charge on any atom is 0.226 e. The highest BCUT2D eigenvalue weighted by Crippen LogP contribution is 2.43. The minimum atomic E-state index is -0.438. The lowest BCUT2D eigenvalue weighted by Gasteiger charge is -2.30. The van der Waals surface area contributed by atoms with Crippen LogP contribution in [0.25, 0.3) is 0 Å². The van der Waals surface area contributed by atoms with Crippen LogP contribution in [0.2, 0.25) is 0 Å². The van der Waals surface area contributed by atoms with Crippen LogP contribution in [0.15, 0.2) is 0 Å². The number of carbonyl (C=O) groups is 1. The second-order valence-corrected chi connectivity index (χ2v) is 6.61. The van der Waals surface area contributed by atoms with Gasteiger partial charge in [0.2, 0.25) is 5.91 Å². The standard InChI is InChI=1S/C15H29NO2/c1-11(2)9-15(7-5-6-8-15)14(18)16-10-13(17)12(3)4/h11-13,17H,5-10H2,1-4H3,(H,16,18). The van der Waals surface area contributed by atoms with Gasteiger partial charge in [-0.15, -0.1) is 0 Å². The normalized spacial score (nSPS) is 20.4. The fraction of sp³-hybridized carbons (Fsp3) is 0.933. The topological polar surface area (TPSA) is 49.3 Å². The van der Waals surface area contributed by atoms with Crippen molar-refractivity contribution in [3.63, 3.8) is 0 Å². The van der Waals surface area contributed by atoms with E-state index >= 15 is 0 Å². The molecule has 106 valence electrons. The Morgan fingerprint density at radius 2 is 1.78 bits per heavy atom. The molecule has 0 aromatic heterocycles. The lowest BCUT2D eigenvalue weighted by Crippen LogP contribution is -2.44. The van der Waals surface area contributed by atoms with Crippen LogP contribution in [0.1, 0.15) is 59.8 Å². The van der Waals surface area contributed by atoms with Crippen LogP contribution in [0, 0.1) is 17.3 Å². The van der Waals surface area contributed by atoms with Gasteiger partial charge < -0.3 is 10.4 Å². The van der Waals surface area contributed by atoms with Crippen LogP contribution in [0.5, 0.6) is 0 Å². The Morgan fingerprint density at radius 3 is 2.22 bits per heavy atom. The smallest absolute Gasteiger partial charge is 0.226 e. The van der Waals surface area contributed by atoms with Crippen LogP contribution in [0.3, 0.4) is 0 Å². The highest BCUT2D eigenvalue weighted by Gasteiger charge is 2.41. The third-order valence-electron chi connectivity index (χ3n) is 4.08. The van der Waals surface area contributed by atoms with Crippen molar-refractivity contribution in [3.8, 4) is 0 Å². The van der Waals surface area contributed by atoms with Gasteiger partial charge in [0.25, 0.3) is 0 Å². The molecule has 1 aliphatic carbocycles. The lowest BCUT2D eigenvalue weighted by atomic mass is 9.77. The summed E-state index contributed by atoms with van der Waals surface area (Å²) in [5.41, 5.74) is -0.162. The van der Waals surface area contributed by atoms with Gasteiger partial charge >= 0.3 is 0 Å². The van der Waals surface area contributed by atoms with Gasteiger partial charge in [0.1, 0.15) is 0 Å². The molecular formula is C15H29NO2. The van der Waals surface area contributed by atoms with Gasteiger partial charge in [0.05, 0.1) is 6.10 Å². The molecule has 3 heteroatoms. The minimum Gasteiger partial charge on any atom is -0.391 e. The van der Waals surface area contributed by atoms with E-state index < -0.39 is 6.10 Å². The number of hydrogen-bond donors (Lipinski definition) is 2. The number of aliphatic hydroxyl groups excluding tert-OH is 1. The molecule has 0 aliphatic heterocycles. The second-order valence-electron chi connectivity index (χ2n) is 6.61. The highest BCUT2D eigenvalue weighted by molar-refractivity contribution is 5.82. The molecular weight excluding hydrogens is 226 g/mol. The number of aliphatic hydroxyl groups is 1. The van der Waals surface area contributed by atoms with Crippen molar-refractivity contribution >= 4 is 5.91 Å². The molecule has 1 rings (SSSR count). The summed E-state index contributed by atoms with van der Waals surface area (Å²) in [7, 11) is 0. The van der Waals surface area contributed by atoms with Crippen molar-refractivity contribution < 1.29 is 9.90 Å². The van der Waals surface area contributed by atoms with E-state index in [0.29, 0.717) is 12.5 Å². The number of nitrogens with one attached hydrogen (secondary N) is 1. The largest absolute Gasteiger partial charge is 0.391 e. The molecule has 2 N–H and O–H groups in total. The van der Waals surface area contributed by atoms with Gasteiger partial charge in [-0.25, -0.2) is 0 Å². The molecule has 0 spiro atoms. The Labute approximate surface area is 111 Å². The number of rotatable bonds is 6. The fourth-order valence-corrected chi connectivity index (χ4v) is 2.98. The van der Waals surface area contributed by atoms with Crippen molar-refractivity contribution in [2.45, 2.75) is 65.9 Å². The van der Waals surface area contributed by atoms with E-state index in [2.05, 4.69) is 19.2 Å². The fourth-order valence-electron chi connectivity index (χ4n) is 2.98. The zero-order valence-electron chi connectivity index (χ0n) is 12.3. The summed E-state index contributed by atoms with van der Waals surface area (Å²) in [5.74, 6) is 0.896. The van der Waals surface area contributed by atoms with Gasteiger partial charge in [-0.3, -0.25) is 4.79 Å². The summed E-state index contributed by atoms with van der Waals surface area (Å²) < 4.78 is 0. The van der Waals surface area contributed by atoms with Crippen LogP contribution in [0.4, 0.5) is 0 Å². The Kier molecular flexibility index (Phi) is 5.64. The first kappa shape index (κ1) is 15.5. The highest BCUT2D eigenvalue weighted by atomic mass is 16.3. The molecule has 0 aromatic rings. The molecule has 1 fully saturated rings. The van der Waals surface area contributed by atoms with Gasteiger partial charge in [0, 0.05) is 12.0 Å². The Morgan fingerprint density at radius 1 is 1.22 bits per heavy atom. The Balaban J connectivity index is 2.55. The average Bonchev–Trinajstić information content (AvgIpc) is 2.73. The summed E-state index contributed by atoms with van der Waals surface area (Å²) in [6.07, 6.45) is 4.87. The molecule has 1 atom stereocenters. The van der Waals surface area contributed by atoms with Crippen LogP contribution in [-0.4, -0.2) is 23.7 Å². The number of carbonyl (C=O) groups excluding carboxylic acids is 1. The predicted octanol–water partition coefficient (Wildman–Crippen LogP) is 2.73. The van der Waals surface area contributed by atoms with E-state index in [4.69, 9.17) is 0 Å². The molecule has 1 aliphatic rings. The molecule has 1 amide bonds. The SMILES string of the molecule is CC(C)CC1(C(=O)NCC(O)C(C)C)CCCC1. The molecule has 0 heterocycles. The molecule has 0 radical (unpaired) electrons. The van der Waals surface area contributed by atoms with Crippen molar-refractivity contribution in [3.05, 3.63) is 0 Å². The number of hydrogen-bond acceptors (Lipinski definition) is 2. The summed E-state index contributed by atoms with van der Waals surface area (Å²) in [4.78, 5) is 12.4. The molecule has 1 unspecified atom stereocenters. The van der Waals surface area contributed by atoms with E-state index in [1.54, 1.807) is 0 Å². The Bertz CT molecular complexity index is 268. The van der Waals surface area contributed by atoms with Gasteiger partial charge in [-0.1, -0.05) is 40.5 Å². The van der Waals surface area contributed by atoms with Gasteiger partial charge in [0.15, 0.2) is 0 Å². The third kappa shape index (κ3) is 3.98. The first-order chi connectivity index (χ1) is 8.37. The summed E-state index contributed by atoms with van der Waals surface area (Å²) >= 11 is 0. The summed E-state index contributed by atoms with van der Waals surface area (Å²) in [5, 5.41) is 12.7. The van der Waals surface area contributed by atoms with Crippen molar-refractivity contribution in [1.29, 1.82) is 0 Å². The third-order valence-corrected chi connectivity index (χ3v) is 4.08. The predicted molar refractivity (Wildman–Crippen MR) is 74.2 cm³/mol. The van der Waals surface area contributed by atoms with E-state index in [-0.39, 0.29) is 17.2 Å². The maximum atomic E-state index is 12.4. The summed E-state index contributed by atoms with van der Waals surface area (Å²) in [6, 6.07) is 0. The monoisotopic (exact) mass is 255 g/mol. The first-order valence-electron chi connectivity index (χ1n) is 7.34. The molecule has 18 heavy (non-hydrogen) atoms. The molecule has 0 aromatic carbocycles. The van der Waals surface area contributed by atoms with Crippen molar-refractivity contribution in [2.24, 2.45) is 17.3 Å². The molecule has 3 nitrogen and oxygen atoms in total. The minimum absolute atomic E-state index is 0.161. The van der Waals surface area contributed by atoms with E-state index in [0.717, 1.165) is 32.1 Å². The van der Waals surface area contributed by atoms with Crippen molar-refractivity contribution in [2.75, 3.05) is 6.54 Å². The first-order valence-corrected chi connectivity index (χ1v) is 7.34. The van der Waals surface area contributed by atoms with E-state index in [1.165, 1.54) is 0 Å². The van der Waals surface area contributed by atoms with Crippen LogP contribution < -0.4 is 5.32 Å². The maximum absolute atomic E-state index is 12.4. The molecule has 0 bridgehead atoms. The average molecular weight is 255 g/mol. The molecule has 0 saturated heterocycles. The Hall–Kier alpha value is -0.570. The quantitative estimate of drug-likeness (QED) is 0.766. The van der Waals surface area contributed by atoms with Gasteiger partial charge in [-0.2, -0.15) is 0 Å². The van der Waals surface area contributed by atoms with E-state index in [9.17, 15) is 9.90 Å². The summed E-state index contributed by atoms with van der Waals surface area (Å²) in [6.45, 7) is 8.68. The second kappa shape index (κ2) is 6.55. The van der Waals surface area contributed by atoms with Crippen LogP contribution >= 0.6 is 0 Å². The van der Waals surface area contributed by atoms with Crippen LogP contribution in [-0.2, 0) is 4.79 Å². The zero-order chi connectivity index (χ0) is 13.8. The molecule has 1 saturated carbocycles. The van der Waals surface area contributed by atoms with E-state index in [1.807, 2.05) is 13.8 Å². The lowest BCUT2D eigenvalue weighted by molar-refractivity contribution is -0.132.